The molecule has 0 aromatic rings. The van der Waals surface area contributed by atoms with Crippen LogP contribution < -0.4 is 0 Å². The van der Waals surface area contributed by atoms with Gasteiger partial charge in [0.15, 0.2) is 0 Å². The number of hydrogen-bond donors (Lipinski definition) is 0. The van der Waals surface area contributed by atoms with Gasteiger partial charge in [-0.25, -0.2) is 4.79 Å². The molecule has 0 unspecified atom stereocenters. The van der Waals surface area contributed by atoms with Crippen molar-refractivity contribution in [1.82, 2.24) is 9.80 Å². The van der Waals surface area contributed by atoms with E-state index in [0.29, 0.717) is 6.54 Å². The van der Waals surface area contributed by atoms with Crippen molar-refractivity contribution in [2.75, 3.05) is 39.8 Å². The van der Waals surface area contributed by atoms with Crippen molar-refractivity contribution in [2.24, 2.45) is 0 Å². The largest absolute Gasteiger partial charge is 0.453 e. The van der Waals surface area contributed by atoms with E-state index in [0.717, 1.165) is 26.2 Å². The lowest BCUT2D eigenvalue weighted by Crippen LogP contribution is -2.38. The second-order valence-corrected chi connectivity index (χ2v) is 3.08. The van der Waals surface area contributed by atoms with E-state index in [9.17, 15) is 4.79 Å². The van der Waals surface area contributed by atoms with Gasteiger partial charge in [-0.05, 0) is 20.0 Å². The van der Waals surface area contributed by atoms with Gasteiger partial charge in [0.05, 0.1) is 7.11 Å². The molecule has 0 aromatic carbocycles. The number of likely N-dealkylation sites (N-methyl/N-ethyl adjacent to an activating group) is 2. The molecule has 0 aliphatic carbocycles. The van der Waals surface area contributed by atoms with Crippen molar-refractivity contribution >= 4 is 6.09 Å². The Kier molecular flexibility index (Phi) is 7.20. The highest BCUT2D eigenvalue weighted by molar-refractivity contribution is 5.67. The Bertz CT molecular complexity index is 158. The summed E-state index contributed by atoms with van der Waals surface area (Å²) in [4.78, 5) is 15.2. The van der Waals surface area contributed by atoms with Crippen LogP contribution in [0.1, 0.15) is 20.8 Å². The summed E-state index contributed by atoms with van der Waals surface area (Å²) in [5, 5.41) is 0. The highest BCUT2D eigenvalue weighted by atomic mass is 16.5. The normalized spacial score (nSPS) is 10.4. The van der Waals surface area contributed by atoms with Gasteiger partial charge in [0.1, 0.15) is 0 Å². The van der Waals surface area contributed by atoms with Crippen LogP contribution >= 0.6 is 0 Å². The molecule has 4 nitrogen and oxygen atoms in total. The number of methoxy groups -OCH3 is 1. The zero-order valence-corrected chi connectivity index (χ0v) is 9.75. The maximum atomic E-state index is 11.2. The number of carbonyl (C=O) groups excluding carboxylic acids is 1. The summed E-state index contributed by atoms with van der Waals surface area (Å²) in [7, 11) is 1.42. The Morgan fingerprint density at radius 2 is 1.64 bits per heavy atom. The van der Waals surface area contributed by atoms with Gasteiger partial charge in [-0.15, -0.1) is 0 Å². The van der Waals surface area contributed by atoms with Crippen molar-refractivity contribution in [1.29, 1.82) is 0 Å². The molecule has 4 heteroatoms. The summed E-state index contributed by atoms with van der Waals surface area (Å²) in [5.41, 5.74) is 0. The van der Waals surface area contributed by atoms with Gasteiger partial charge >= 0.3 is 6.09 Å². The number of nitrogens with zero attached hydrogens (tertiary/aromatic N) is 2. The molecule has 0 bridgehead atoms. The first-order valence-electron chi connectivity index (χ1n) is 5.24. The molecule has 0 aliphatic rings. The van der Waals surface area contributed by atoms with Crippen LogP contribution in [0.25, 0.3) is 0 Å². The van der Waals surface area contributed by atoms with Gasteiger partial charge in [-0.2, -0.15) is 0 Å². The number of ether oxygens (including phenoxy) is 1. The highest BCUT2D eigenvalue weighted by Crippen LogP contribution is 1.94. The molecule has 0 aliphatic heterocycles. The van der Waals surface area contributed by atoms with E-state index >= 15 is 0 Å². The van der Waals surface area contributed by atoms with Crippen molar-refractivity contribution in [3.05, 3.63) is 0 Å². The highest BCUT2D eigenvalue weighted by Gasteiger charge is 2.11. The van der Waals surface area contributed by atoms with E-state index < -0.39 is 0 Å². The smallest absolute Gasteiger partial charge is 0.409 e. The molecule has 0 fully saturated rings. The molecule has 0 heterocycles. The van der Waals surface area contributed by atoms with E-state index in [2.05, 4.69) is 23.5 Å². The second kappa shape index (κ2) is 7.62. The van der Waals surface area contributed by atoms with Gasteiger partial charge in [0.2, 0.25) is 0 Å². The van der Waals surface area contributed by atoms with Gasteiger partial charge < -0.3 is 14.5 Å². The minimum absolute atomic E-state index is 0.236. The minimum atomic E-state index is -0.236. The monoisotopic (exact) mass is 202 g/mol. The van der Waals surface area contributed by atoms with E-state index in [1.165, 1.54) is 7.11 Å². The van der Waals surface area contributed by atoms with Gasteiger partial charge in [0.25, 0.3) is 0 Å². The van der Waals surface area contributed by atoms with E-state index in [-0.39, 0.29) is 6.09 Å². The summed E-state index contributed by atoms with van der Waals surface area (Å²) in [6.45, 7) is 10.6. The van der Waals surface area contributed by atoms with Crippen LogP contribution in [0.3, 0.4) is 0 Å². The minimum Gasteiger partial charge on any atom is -0.453 e. The maximum absolute atomic E-state index is 11.2. The molecule has 0 radical (unpaired) electrons. The SMILES string of the molecule is CCN(CC)CCN(CC)C(=O)OC. The molecule has 1 amide bonds. The lowest BCUT2D eigenvalue weighted by Gasteiger charge is -2.24. The first kappa shape index (κ1) is 13.2. The van der Waals surface area contributed by atoms with Crippen LogP contribution in [-0.2, 0) is 4.74 Å². The van der Waals surface area contributed by atoms with E-state index in [1.807, 2.05) is 6.92 Å². The third-order valence-electron chi connectivity index (χ3n) is 2.40. The standard InChI is InChI=1S/C10H22N2O2/c1-5-11(6-2)8-9-12(7-3)10(13)14-4/h5-9H2,1-4H3. The van der Waals surface area contributed by atoms with Gasteiger partial charge in [0, 0.05) is 19.6 Å². The molecule has 0 saturated carbocycles. The Balaban J connectivity index is 3.88. The van der Waals surface area contributed by atoms with Crippen molar-refractivity contribution in [3.8, 4) is 0 Å². The number of hydrogen-bond acceptors (Lipinski definition) is 3. The summed E-state index contributed by atoms with van der Waals surface area (Å²) < 4.78 is 4.67. The second-order valence-electron chi connectivity index (χ2n) is 3.08. The van der Waals surface area contributed by atoms with Crippen LogP contribution in [0.4, 0.5) is 4.79 Å². The zero-order chi connectivity index (χ0) is 11.0. The molecule has 0 atom stereocenters. The molecule has 0 aromatic heterocycles. The third-order valence-corrected chi connectivity index (χ3v) is 2.40. The van der Waals surface area contributed by atoms with Crippen LogP contribution in [-0.4, -0.2) is 55.7 Å². The molecular weight excluding hydrogens is 180 g/mol. The maximum Gasteiger partial charge on any atom is 0.409 e. The number of amides is 1. The lowest BCUT2D eigenvalue weighted by molar-refractivity contribution is 0.120. The van der Waals surface area contributed by atoms with Crippen LogP contribution in [0.15, 0.2) is 0 Å². The summed E-state index contributed by atoms with van der Waals surface area (Å²) in [5.74, 6) is 0. The average molecular weight is 202 g/mol. The molecule has 84 valence electrons. The first-order valence-corrected chi connectivity index (χ1v) is 5.24. The third kappa shape index (κ3) is 4.46. The quantitative estimate of drug-likeness (QED) is 0.653. The Morgan fingerprint density at radius 1 is 1.07 bits per heavy atom. The first-order chi connectivity index (χ1) is 6.69. The fourth-order valence-electron chi connectivity index (χ4n) is 1.31. The van der Waals surface area contributed by atoms with Crippen LogP contribution in [0.5, 0.6) is 0 Å². The average Bonchev–Trinajstić information content (AvgIpc) is 2.24. The van der Waals surface area contributed by atoms with Crippen molar-refractivity contribution < 1.29 is 9.53 Å². The molecule has 0 rings (SSSR count). The zero-order valence-electron chi connectivity index (χ0n) is 9.75. The predicted molar refractivity (Wildman–Crippen MR) is 57.4 cm³/mol. The Hall–Kier alpha value is -0.770. The van der Waals surface area contributed by atoms with E-state index in [4.69, 9.17) is 0 Å². The fourth-order valence-corrected chi connectivity index (χ4v) is 1.31. The molecular formula is C10H22N2O2. The van der Waals surface area contributed by atoms with E-state index in [1.54, 1.807) is 4.90 Å². The van der Waals surface area contributed by atoms with Crippen LogP contribution in [0, 0.1) is 0 Å². The topological polar surface area (TPSA) is 32.8 Å². The van der Waals surface area contributed by atoms with Crippen LogP contribution in [0.2, 0.25) is 0 Å². The van der Waals surface area contributed by atoms with Crippen molar-refractivity contribution in [2.45, 2.75) is 20.8 Å². The fraction of sp³-hybridized carbons (Fsp3) is 0.900. The molecule has 0 saturated heterocycles. The van der Waals surface area contributed by atoms with Gasteiger partial charge in [-0.3, -0.25) is 0 Å². The molecule has 0 spiro atoms. The Morgan fingerprint density at radius 3 is 2.00 bits per heavy atom. The Labute approximate surface area is 86.8 Å². The van der Waals surface area contributed by atoms with Crippen molar-refractivity contribution in [3.63, 3.8) is 0 Å². The lowest BCUT2D eigenvalue weighted by atomic mass is 10.4. The number of rotatable bonds is 6. The molecule has 0 N–H and O–H groups in total. The predicted octanol–water partition coefficient (Wildman–Crippen LogP) is 1.42. The number of carbonyl (C=O) groups is 1. The summed E-state index contributed by atoms with van der Waals surface area (Å²) in [6, 6.07) is 0. The molecule has 14 heavy (non-hydrogen) atoms. The van der Waals surface area contributed by atoms with Gasteiger partial charge in [-0.1, -0.05) is 13.8 Å². The summed E-state index contributed by atoms with van der Waals surface area (Å²) in [6.07, 6.45) is -0.236. The summed E-state index contributed by atoms with van der Waals surface area (Å²) >= 11 is 0.